The Kier molecular flexibility index (Phi) is 5.74. The predicted molar refractivity (Wildman–Crippen MR) is 84.3 cm³/mol. The Labute approximate surface area is 127 Å². The molecule has 1 fully saturated rings. The first kappa shape index (κ1) is 16.0. The summed E-state index contributed by atoms with van der Waals surface area (Å²) in [5.74, 6) is 3.09. The van der Waals surface area contributed by atoms with Gasteiger partial charge in [-0.3, -0.25) is 0 Å². The lowest BCUT2D eigenvalue weighted by molar-refractivity contribution is 0.321. The smallest absolute Gasteiger partial charge is 0.167 e. The van der Waals surface area contributed by atoms with Crippen molar-refractivity contribution in [3.05, 3.63) is 17.2 Å². The Balaban J connectivity index is 2.40. The van der Waals surface area contributed by atoms with Gasteiger partial charge in [-0.2, -0.15) is 0 Å². The van der Waals surface area contributed by atoms with Crippen LogP contribution in [-0.2, 0) is 13.0 Å². The minimum atomic E-state index is 0.402. The Bertz CT molecular complexity index is 468. The maximum absolute atomic E-state index is 5.82. The molecule has 0 unspecified atom stereocenters. The van der Waals surface area contributed by atoms with Crippen LogP contribution in [0.5, 0.6) is 17.2 Å². The van der Waals surface area contributed by atoms with Crippen LogP contribution in [0.3, 0.4) is 0 Å². The van der Waals surface area contributed by atoms with Crippen molar-refractivity contribution in [1.29, 1.82) is 0 Å². The first-order valence-electron chi connectivity index (χ1n) is 7.75. The summed E-state index contributed by atoms with van der Waals surface area (Å²) in [4.78, 5) is 0. The second-order valence-electron chi connectivity index (χ2n) is 5.70. The number of hydrogen-bond donors (Lipinski definition) is 1. The van der Waals surface area contributed by atoms with Gasteiger partial charge < -0.3 is 19.9 Å². The molecule has 118 valence electrons. The number of hydrogen-bond acceptors (Lipinski definition) is 4. The molecule has 1 aliphatic rings. The fourth-order valence-corrected chi connectivity index (χ4v) is 3.35. The maximum atomic E-state index is 5.82. The van der Waals surface area contributed by atoms with E-state index in [-0.39, 0.29) is 0 Å². The molecule has 0 saturated heterocycles. The highest BCUT2D eigenvalue weighted by atomic mass is 16.5. The molecular weight excluding hydrogens is 266 g/mol. The standard InChI is InChI=1S/C17H27NO3/c1-19-15-10-13(11-18)16(20-2)17(21-3)14(15)9-12-7-5-4-6-8-12/h10,12H,4-9,11,18H2,1-3H3. The molecule has 0 spiro atoms. The number of benzene rings is 1. The van der Waals surface area contributed by atoms with E-state index in [0.29, 0.717) is 12.5 Å². The van der Waals surface area contributed by atoms with E-state index >= 15 is 0 Å². The van der Waals surface area contributed by atoms with Crippen molar-refractivity contribution >= 4 is 0 Å². The Morgan fingerprint density at radius 2 is 1.67 bits per heavy atom. The average molecular weight is 293 g/mol. The molecular formula is C17H27NO3. The van der Waals surface area contributed by atoms with Crippen molar-refractivity contribution < 1.29 is 14.2 Å². The molecule has 0 heterocycles. The van der Waals surface area contributed by atoms with Gasteiger partial charge in [0.1, 0.15) is 5.75 Å². The van der Waals surface area contributed by atoms with E-state index in [1.165, 1.54) is 32.1 Å². The summed E-state index contributed by atoms with van der Waals surface area (Å²) in [7, 11) is 5.04. The molecule has 1 aromatic rings. The zero-order valence-electron chi connectivity index (χ0n) is 13.4. The van der Waals surface area contributed by atoms with Gasteiger partial charge in [0.05, 0.1) is 21.3 Å². The van der Waals surface area contributed by atoms with Crippen molar-refractivity contribution in [3.63, 3.8) is 0 Å². The monoisotopic (exact) mass is 293 g/mol. The van der Waals surface area contributed by atoms with Crippen molar-refractivity contribution in [1.82, 2.24) is 0 Å². The van der Waals surface area contributed by atoms with Gasteiger partial charge in [-0.1, -0.05) is 32.1 Å². The van der Waals surface area contributed by atoms with E-state index in [4.69, 9.17) is 19.9 Å². The van der Waals surface area contributed by atoms with Crippen LogP contribution < -0.4 is 19.9 Å². The van der Waals surface area contributed by atoms with E-state index in [9.17, 15) is 0 Å². The number of ether oxygens (including phenoxy) is 3. The van der Waals surface area contributed by atoms with Gasteiger partial charge in [0.2, 0.25) is 0 Å². The third kappa shape index (κ3) is 3.43. The van der Waals surface area contributed by atoms with Crippen LogP contribution in [0.4, 0.5) is 0 Å². The molecule has 4 nitrogen and oxygen atoms in total. The third-order valence-corrected chi connectivity index (χ3v) is 4.44. The Hall–Kier alpha value is -1.42. The lowest BCUT2D eigenvalue weighted by Crippen LogP contribution is -2.12. The summed E-state index contributed by atoms with van der Waals surface area (Å²) in [5.41, 5.74) is 7.84. The molecule has 0 bridgehead atoms. The summed E-state index contributed by atoms with van der Waals surface area (Å²) < 4.78 is 16.7. The molecule has 0 aromatic heterocycles. The SMILES string of the molecule is COc1cc(CN)c(OC)c(OC)c1CC1CCCCC1. The normalized spacial score (nSPS) is 15.8. The van der Waals surface area contributed by atoms with Crippen LogP contribution >= 0.6 is 0 Å². The minimum absolute atomic E-state index is 0.402. The minimum Gasteiger partial charge on any atom is -0.496 e. The highest BCUT2D eigenvalue weighted by Crippen LogP contribution is 2.43. The van der Waals surface area contributed by atoms with Crippen molar-refractivity contribution in [2.45, 2.75) is 45.1 Å². The lowest BCUT2D eigenvalue weighted by atomic mass is 9.84. The Morgan fingerprint density at radius 1 is 1.00 bits per heavy atom. The van der Waals surface area contributed by atoms with Gasteiger partial charge in [0.15, 0.2) is 11.5 Å². The molecule has 0 amide bonds. The molecule has 1 aliphatic carbocycles. The summed E-state index contributed by atoms with van der Waals surface area (Å²) in [6.45, 7) is 0.402. The van der Waals surface area contributed by atoms with Crippen molar-refractivity contribution in [3.8, 4) is 17.2 Å². The Morgan fingerprint density at radius 3 is 2.19 bits per heavy atom. The van der Waals surface area contributed by atoms with Gasteiger partial charge in [0.25, 0.3) is 0 Å². The first-order valence-corrected chi connectivity index (χ1v) is 7.75. The van der Waals surface area contributed by atoms with E-state index in [1.54, 1.807) is 21.3 Å². The van der Waals surface area contributed by atoms with Gasteiger partial charge in [-0.05, 0) is 18.4 Å². The fraction of sp³-hybridized carbons (Fsp3) is 0.647. The van der Waals surface area contributed by atoms with E-state index in [1.807, 2.05) is 6.07 Å². The molecule has 1 saturated carbocycles. The first-order chi connectivity index (χ1) is 10.2. The quantitative estimate of drug-likeness (QED) is 0.874. The zero-order chi connectivity index (χ0) is 15.2. The molecule has 0 aliphatic heterocycles. The molecule has 4 heteroatoms. The second kappa shape index (κ2) is 7.55. The van der Waals surface area contributed by atoms with Crippen molar-refractivity contribution in [2.24, 2.45) is 11.7 Å². The molecule has 1 aromatic carbocycles. The molecule has 0 atom stereocenters. The van der Waals surface area contributed by atoms with Gasteiger partial charge in [-0.15, -0.1) is 0 Å². The van der Waals surface area contributed by atoms with Crippen LogP contribution in [-0.4, -0.2) is 21.3 Å². The van der Waals surface area contributed by atoms with Crippen LogP contribution in [0.25, 0.3) is 0 Å². The molecule has 2 N–H and O–H groups in total. The summed E-state index contributed by atoms with van der Waals surface area (Å²) >= 11 is 0. The lowest BCUT2D eigenvalue weighted by Gasteiger charge is -2.25. The van der Waals surface area contributed by atoms with Crippen molar-refractivity contribution in [2.75, 3.05) is 21.3 Å². The maximum Gasteiger partial charge on any atom is 0.167 e. The molecule has 2 rings (SSSR count). The van der Waals surface area contributed by atoms with Crippen LogP contribution in [0.1, 0.15) is 43.2 Å². The van der Waals surface area contributed by atoms with E-state index in [2.05, 4.69) is 0 Å². The fourth-order valence-electron chi connectivity index (χ4n) is 3.35. The van der Waals surface area contributed by atoms with E-state index in [0.717, 1.165) is 34.8 Å². The number of nitrogens with two attached hydrogens (primary N) is 1. The van der Waals surface area contributed by atoms with E-state index < -0.39 is 0 Å². The summed E-state index contributed by atoms with van der Waals surface area (Å²) in [6, 6.07) is 1.99. The predicted octanol–water partition coefficient (Wildman–Crippen LogP) is 3.29. The van der Waals surface area contributed by atoms with Gasteiger partial charge in [-0.25, -0.2) is 0 Å². The van der Waals surface area contributed by atoms with Gasteiger partial charge in [0, 0.05) is 17.7 Å². The highest BCUT2D eigenvalue weighted by molar-refractivity contribution is 5.58. The largest absolute Gasteiger partial charge is 0.496 e. The van der Waals surface area contributed by atoms with Crippen LogP contribution in [0.2, 0.25) is 0 Å². The molecule has 21 heavy (non-hydrogen) atoms. The number of rotatable bonds is 6. The highest BCUT2D eigenvalue weighted by Gasteiger charge is 2.23. The second-order valence-corrected chi connectivity index (χ2v) is 5.70. The summed E-state index contributed by atoms with van der Waals surface area (Å²) in [5, 5.41) is 0. The van der Waals surface area contributed by atoms with Crippen LogP contribution in [0, 0.1) is 5.92 Å². The third-order valence-electron chi connectivity index (χ3n) is 4.44. The average Bonchev–Trinajstić information content (AvgIpc) is 2.54. The number of methoxy groups -OCH3 is 3. The van der Waals surface area contributed by atoms with Gasteiger partial charge >= 0.3 is 0 Å². The molecule has 0 radical (unpaired) electrons. The summed E-state index contributed by atoms with van der Waals surface area (Å²) in [6.07, 6.45) is 7.56. The topological polar surface area (TPSA) is 53.7 Å². The van der Waals surface area contributed by atoms with Crippen LogP contribution in [0.15, 0.2) is 6.07 Å². The zero-order valence-corrected chi connectivity index (χ0v) is 13.4.